The fraction of sp³-hybridized carbons (Fsp3) is 0.333. The minimum atomic E-state index is -0.0404. The summed E-state index contributed by atoms with van der Waals surface area (Å²) in [5, 5.41) is 11.2. The summed E-state index contributed by atoms with van der Waals surface area (Å²) in [7, 11) is 0. The Morgan fingerprint density at radius 2 is 2.15 bits per heavy atom. The molecule has 0 saturated carbocycles. The van der Waals surface area contributed by atoms with E-state index in [2.05, 4.69) is 4.98 Å². The van der Waals surface area contributed by atoms with E-state index in [1.54, 1.807) is 11.1 Å². The van der Waals surface area contributed by atoms with Crippen LogP contribution in [0.3, 0.4) is 0 Å². The molecule has 1 saturated heterocycles. The van der Waals surface area contributed by atoms with Crippen LogP contribution in [-0.2, 0) is 0 Å². The van der Waals surface area contributed by atoms with Gasteiger partial charge in [-0.3, -0.25) is 4.79 Å². The van der Waals surface area contributed by atoms with Gasteiger partial charge >= 0.3 is 0 Å². The van der Waals surface area contributed by atoms with Gasteiger partial charge in [0.2, 0.25) is 0 Å². The summed E-state index contributed by atoms with van der Waals surface area (Å²) in [6.45, 7) is 1.41. The number of amides is 1. The first-order valence-corrected chi connectivity index (χ1v) is 7.02. The maximum atomic E-state index is 12.6. The number of fused-ring (bicyclic) bond motifs is 1. The fourth-order valence-electron chi connectivity index (χ4n) is 2.67. The maximum Gasteiger partial charge on any atom is 0.256 e. The molecule has 1 N–H and O–H groups in total. The van der Waals surface area contributed by atoms with Gasteiger partial charge in [0.15, 0.2) is 0 Å². The molecule has 0 bridgehead atoms. The van der Waals surface area contributed by atoms with Crippen LogP contribution in [0.5, 0.6) is 0 Å². The van der Waals surface area contributed by atoms with Gasteiger partial charge in [-0.25, -0.2) is 4.98 Å². The second kappa shape index (κ2) is 5.38. The number of aliphatic hydroxyl groups is 1. The Morgan fingerprint density at radius 3 is 2.85 bits per heavy atom. The van der Waals surface area contributed by atoms with Crippen LogP contribution >= 0.6 is 11.6 Å². The summed E-state index contributed by atoms with van der Waals surface area (Å²) in [4.78, 5) is 18.5. The zero-order chi connectivity index (χ0) is 14.1. The molecule has 0 aliphatic carbocycles. The number of carbonyl (C=O) groups excluding carboxylic acids is 1. The van der Waals surface area contributed by atoms with Crippen molar-refractivity contribution in [2.24, 2.45) is 5.92 Å². The molecule has 1 aromatic carbocycles. The Kier molecular flexibility index (Phi) is 3.59. The maximum absolute atomic E-state index is 12.6. The van der Waals surface area contributed by atoms with Crippen molar-refractivity contribution in [3.63, 3.8) is 0 Å². The second-order valence-electron chi connectivity index (χ2n) is 5.10. The van der Waals surface area contributed by atoms with E-state index in [1.807, 2.05) is 24.3 Å². The van der Waals surface area contributed by atoms with E-state index in [0.717, 1.165) is 17.2 Å². The highest BCUT2D eigenvalue weighted by Gasteiger charge is 2.27. The van der Waals surface area contributed by atoms with Crippen molar-refractivity contribution in [3.05, 3.63) is 41.2 Å². The van der Waals surface area contributed by atoms with Gasteiger partial charge in [-0.15, -0.1) is 0 Å². The minimum absolute atomic E-state index is 0.0404. The number of aliphatic hydroxyl groups excluding tert-OH is 1. The molecule has 2 aromatic rings. The van der Waals surface area contributed by atoms with E-state index in [1.165, 1.54) is 0 Å². The number of pyridine rings is 1. The molecule has 1 aliphatic rings. The third-order valence-electron chi connectivity index (χ3n) is 3.81. The average molecular weight is 291 g/mol. The van der Waals surface area contributed by atoms with Crippen LogP contribution in [0.1, 0.15) is 16.8 Å². The summed E-state index contributed by atoms with van der Waals surface area (Å²) in [5.41, 5.74) is 0.573. The number of nitrogens with zero attached hydrogens (tertiary/aromatic N) is 2. The van der Waals surface area contributed by atoms with Crippen LogP contribution in [0.2, 0.25) is 5.15 Å². The molecule has 0 spiro atoms. The number of hydrogen-bond donors (Lipinski definition) is 1. The predicted octanol–water partition coefficient (Wildman–Crippen LogP) is 2.34. The largest absolute Gasteiger partial charge is 0.396 e. The number of halogens is 1. The van der Waals surface area contributed by atoms with E-state index in [9.17, 15) is 9.90 Å². The Labute approximate surface area is 122 Å². The zero-order valence-electron chi connectivity index (χ0n) is 10.9. The Bertz CT molecular complexity index is 659. The predicted molar refractivity (Wildman–Crippen MR) is 77.8 cm³/mol. The summed E-state index contributed by atoms with van der Waals surface area (Å²) >= 11 is 6.07. The highest BCUT2D eigenvalue weighted by atomic mass is 35.5. The van der Waals surface area contributed by atoms with E-state index in [0.29, 0.717) is 23.8 Å². The van der Waals surface area contributed by atoms with Gasteiger partial charge in [0, 0.05) is 37.2 Å². The summed E-state index contributed by atoms with van der Waals surface area (Å²) in [6, 6.07) is 7.51. The van der Waals surface area contributed by atoms with Crippen molar-refractivity contribution in [3.8, 4) is 0 Å². The van der Waals surface area contributed by atoms with Crippen LogP contribution in [0.4, 0.5) is 0 Å². The first kappa shape index (κ1) is 13.3. The molecule has 104 valence electrons. The molecule has 1 amide bonds. The van der Waals surface area contributed by atoms with Gasteiger partial charge in [0.05, 0.1) is 5.56 Å². The number of aromatic nitrogens is 1. The third-order valence-corrected chi connectivity index (χ3v) is 4.11. The van der Waals surface area contributed by atoms with Crippen molar-refractivity contribution in [1.29, 1.82) is 0 Å². The lowest BCUT2D eigenvalue weighted by Crippen LogP contribution is -2.29. The van der Waals surface area contributed by atoms with E-state index in [-0.39, 0.29) is 18.4 Å². The van der Waals surface area contributed by atoms with E-state index >= 15 is 0 Å². The van der Waals surface area contributed by atoms with Gasteiger partial charge in [-0.2, -0.15) is 0 Å². The standard InChI is InChI=1S/C15H15ClN2O2/c16-14-12-4-2-1-3-11(12)13(7-17-14)15(20)18-6-5-10(8-18)9-19/h1-4,7,10,19H,5-6,8-9H2. The third kappa shape index (κ3) is 2.25. The monoisotopic (exact) mass is 290 g/mol. The Hall–Kier alpha value is -1.65. The fourth-order valence-corrected chi connectivity index (χ4v) is 2.88. The number of likely N-dealkylation sites (tertiary alicyclic amines) is 1. The second-order valence-corrected chi connectivity index (χ2v) is 5.45. The highest BCUT2D eigenvalue weighted by molar-refractivity contribution is 6.34. The molecule has 1 unspecified atom stereocenters. The minimum Gasteiger partial charge on any atom is -0.396 e. The first-order chi connectivity index (χ1) is 9.70. The van der Waals surface area contributed by atoms with Crippen molar-refractivity contribution in [1.82, 2.24) is 9.88 Å². The Morgan fingerprint density at radius 1 is 1.40 bits per heavy atom. The van der Waals surface area contributed by atoms with E-state index < -0.39 is 0 Å². The lowest BCUT2D eigenvalue weighted by atomic mass is 10.1. The molecule has 0 radical (unpaired) electrons. The summed E-state index contributed by atoms with van der Waals surface area (Å²) in [5.74, 6) is 0.145. The molecule has 1 atom stereocenters. The smallest absolute Gasteiger partial charge is 0.256 e. The lowest BCUT2D eigenvalue weighted by Gasteiger charge is -2.17. The van der Waals surface area contributed by atoms with Gasteiger partial charge in [0.25, 0.3) is 5.91 Å². The molecular formula is C15H15ClN2O2. The van der Waals surface area contributed by atoms with Crippen LogP contribution in [0, 0.1) is 5.92 Å². The lowest BCUT2D eigenvalue weighted by molar-refractivity contribution is 0.0783. The van der Waals surface area contributed by atoms with Crippen LogP contribution in [0.25, 0.3) is 10.8 Å². The summed E-state index contributed by atoms with van der Waals surface area (Å²) < 4.78 is 0. The highest BCUT2D eigenvalue weighted by Crippen LogP contribution is 2.26. The van der Waals surface area contributed by atoms with Crippen molar-refractivity contribution in [2.75, 3.05) is 19.7 Å². The van der Waals surface area contributed by atoms with Crippen LogP contribution in [0.15, 0.2) is 30.5 Å². The van der Waals surface area contributed by atoms with Crippen LogP contribution in [-0.4, -0.2) is 40.6 Å². The molecular weight excluding hydrogens is 276 g/mol. The van der Waals surface area contributed by atoms with Crippen LogP contribution < -0.4 is 0 Å². The van der Waals surface area contributed by atoms with Crippen molar-refractivity contribution in [2.45, 2.75) is 6.42 Å². The van der Waals surface area contributed by atoms with Crippen molar-refractivity contribution >= 4 is 28.3 Å². The molecule has 1 aromatic heterocycles. The molecule has 3 rings (SSSR count). The molecule has 1 fully saturated rings. The Balaban J connectivity index is 1.98. The normalized spacial score (nSPS) is 18.7. The van der Waals surface area contributed by atoms with Crippen molar-refractivity contribution < 1.29 is 9.90 Å². The van der Waals surface area contributed by atoms with Gasteiger partial charge < -0.3 is 10.0 Å². The topological polar surface area (TPSA) is 53.4 Å². The number of rotatable bonds is 2. The van der Waals surface area contributed by atoms with Gasteiger partial charge in [0.1, 0.15) is 5.15 Å². The number of carbonyl (C=O) groups is 1. The zero-order valence-corrected chi connectivity index (χ0v) is 11.7. The molecule has 5 heteroatoms. The first-order valence-electron chi connectivity index (χ1n) is 6.64. The molecule has 4 nitrogen and oxygen atoms in total. The molecule has 20 heavy (non-hydrogen) atoms. The van der Waals surface area contributed by atoms with Gasteiger partial charge in [-0.1, -0.05) is 35.9 Å². The van der Waals surface area contributed by atoms with E-state index in [4.69, 9.17) is 11.6 Å². The number of benzene rings is 1. The number of hydrogen-bond acceptors (Lipinski definition) is 3. The molecule has 1 aliphatic heterocycles. The average Bonchev–Trinajstić information content (AvgIpc) is 2.96. The van der Waals surface area contributed by atoms with Gasteiger partial charge in [-0.05, 0) is 11.8 Å². The molecule has 2 heterocycles. The summed E-state index contributed by atoms with van der Waals surface area (Å²) in [6.07, 6.45) is 2.39. The SMILES string of the molecule is O=C(c1cnc(Cl)c2ccccc12)N1CCC(CO)C1. The quantitative estimate of drug-likeness (QED) is 0.864.